The van der Waals surface area contributed by atoms with Crippen LogP contribution in [0, 0.1) is 11.8 Å². The smallest absolute Gasteiger partial charge is 0.343 e. The summed E-state index contributed by atoms with van der Waals surface area (Å²) in [6.07, 6.45) is 4.62. The zero-order chi connectivity index (χ0) is 24.3. The first-order valence-corrected chi connectivity index (χ1v) is 11.4. The van der Waals surface area contributed by atoms with Gasteiger partial charge in [0.1, 0.15) is 11.5 Å². The Kier molecular flexibility index (Phi) is 8.82. The topological polar surface area (TPSA) is 52.6 Å². The average molecular weight is 453 g/mol. The number of esters is 2. The van der Waals surface area contributed by atoms with Gasteiger partial charge in [-0.05, 0) is 86.0 Å². The van der Waals surface area contributed by atoms with E-state index in [-0.39, 0.29) is 0 Å². The van der Waals surface area contributed by atoms with Gasteiger partial charge in [0.05, 0.1) is 5.56 Å². The molecule has 3 rings (SSSR count). The molecule has 0 atom stereocenters. The Balaban J connectivity index is 1.56. The number of hydrogen-bond acceptors (Lipinski definition) is 4. The summed E-state index contributed by atoms with van der Waals surface area (Å²) in [5, 5.41) is 0. The molecule has 3 aromatic rings. The van der Waals surface area contributed by atoms with Crippen molar-refractivity contribution in [3.63, 3.8) is 0 Å². The van der Waals surface area contributed by atoms with E-state index < -0.39 is 11.9 Å². The van der Waals surface area contributed by atoms with Crippen molar-refractivity contribution in [1.29, 1.82) is 0 Å². The number of rotatable bonds is 8. The fraction of sp³-hybridized carbons (Fsp3) is 0.200. The molecule has 3 aromatic carbocycles. The summed E-state index contributed by atoms with van der Waals surface area (Å²) >= 11 is 0. The molecule has 0 amide bonds. The molecule has 0 aromatic heterocycles. The van der Waals surface area contributed by atoms with E-state index in [1.807, 2.05) is 24.3 Å². The molecule has 0 heterocycles. The van der Waals surface area contributed by atoms with Gasteiger partial charge in [-0.1, -0.05) is 50.3 Å². The molecule has 0 fully saturated rings. The number of benzene rings is 3. The maximum atomic E-state index is 12.5. The SMILES string of the molecule is C=C(C)C(=O)Oc1ccc(C#Cc2ccc(C(=O)Oc3ccc(CCCCC)cc3)cc2)cc1. The highest BCUT2D eigenvalue weighted by Gasteiger charge is 2.08. The lowest BCUT2D eigenvalue weighted by Crippen LogP contribution is -2.08. The first kappa shape index (κ1) is 24.5. The van der Waals surface area contributed by atoms with Crippen molar-refractivity contribution in [2.75, 3.05) is 0 Å². The minimum Gasteiger partial charge on any atom is -0.423 e. The Labute approximate surface area is 201 Å². The molecular formula is C30H28O4. The highest BCUT2D eigenvalue weighted by atomic mass is 16.5. The van der Waals surface area contributed by atoms with E-state index in [9.17, 15) is 9.59 Å². The first-order valence-electron chi connectivity index (χ1n) is 11.4. The van der Waals surface area contributed by atoms with Crippen LogP contribution >= 0.6 is 0 Å². The lowest BCUT2D eigenvalue weighted by atomic mass is 10.1. The third-order valence-corrected chi connectivity index (χ3v) is 5.09. The molecule has 0 N–H and O–H groups in total. The van der Waals surface area contributed by atoms with Crippen molar-refractivity contribution in [3.05, 3.63) is 107 Å². The summed E-state index contributed by atoms with van der Waals surface area (Å²) in [7, 11) is 0. The lowest BCUT2D eigenvalue weighted by molar-refractivity contribution is -0.130. The van der Waals surface area contributed by atoms with Crippen molar-refractivity contribution in [2.45, 2.75) is 39.5 Å². The van der Waals surface area contributed by atoms with Gasteiger partial charge < -0.3 is 9.47 Å². The summed E-state index contributed by atoms with van der Waals surface area (Å²) in [6, 6.07) is 21.6. The van der Waals surface area contributed by atoms with Gasteiger partial charge in [-0.15, -0.1) is 0 Å². The number of carbonyl (C=O) groups excluding carboxylic acids is 2. The Morgan fingerprint density at radius 3 is 1.85 bits per heavy atom. The third kappa shape index (κ3) is 7.50. The molecule has 34 heavy (non-hydrogen) atoms. The summed E-state index contributed by atoms with van der Waals surface area (Å²) in [6.45, 7) is 7.34. The van der Waals surface area contributed by atoms with E-state index in [1.54, 1.807) is 55.5 Å². The van der Waals surface area contributed by atoms with E-state index in [4.69, 9.17) is 9.47 Å². The van der Waals surface area contributed by atoms with Crippen molar-refractivity contribution >= 4 is 11.9 Å². The van der Waals surface area contributed by atoms with Crippen LogP contribution in [0.15, 0.2) is 84.9 Å². The van der Waals surface area contributed by atoms with Gasteiger partial charge in [-0.25, -0.2) is 9.59 Å². The Morgan fingerprint density at radius 2 is 1.29 bits per heavy atom. The molecule has 0 aliphatic carbocycles. The molecule has 172 valence electrons. The first-order chi connectivity index (χ1) is 16.4. The van der Waals surface area contributed by atoms with Gasteiger partial charge in [0, 0.05) is 16.7 Å². The quantitative estimate of drug-likeness (QED) is 0.128. The molecule has 0 aliphatic heterocycles. The predicted molar refractivity (Wildman–Crippen MR) is 134 cm³/mol. The second-order valence-corrected chi connectivity index (χ2v) is 8.01. The maximum absolute atomic E-state index is 12.5. The van der Waals surface area contributed by atoms with E-state index >= 15 is 0 Å². The number of unbranched alkanes of at least 4 members (excludes halogenated alkanes) is 2. The number of carbonyl (C=O) groups is 2. The van der Waals surface area contributed by atoms with E-state index in [0.29, 0.717) is 22.6 Å². The van der Waals surface area contributed by atoms with Gasteiger partial charge >= 0.3 is 11.9 Å². The van der Waals surface area contributed by atoms with Crippen molar-refractivity contribution < 1.29 is 19.1 Å². The normalized spacial score (nSPS) is 10.1. The Morgan fingerprint density at radius 1 is 0.765 bits per heavy atom. The summed E-state index contributed by atoms with van der Waals surface area (Å²) in [5.41, 5.74) is 3.59. The van der Waals surface area contributed by atoms with Gasteiger partial charge in [-0.3, -0.25) is 0 Å². The van der Waals surface area contributed by atoms with Crippen LogP contribution in [0.3, 0.4) is 0 Å². The molecule has 0 aliphatic rings. The fourth-order valence-corrected chi connectivity index (χ4v) is 3.10. The second kappa shape index (κ2) is 12.2. The minimum atomic E-state index is -0.461. The van der Waals surface area contributed by atoms with Crippen molar-refractivity contribution in [1.82, 2.24) is 0 Å². The second-order valence-electron chi connectivity index (χ2n) is 8.01. The fourth-order valence-electron chi connectivity index (χ4n) is 3.10. The number of hydrogen-bond donors (Lipinski definition) is 0. The number of aryl methyl sites for hydroxylation is 1. The zero-order valence-electron chi connectivity index (χ0n) is 19.6. The molecule has 4 nitrogen and oxygen atoms in total. The zero-order valence-corrected chi connectivity index (χ0v) is 19.6. The van der Waals surface area contributed by atoms with Crippen LogP contribution in [0.5, 0.6) is 11.5 Å². The monoisotopic (exact) mass is 452 g/mol. The van der Waals surface area contributed by atoms with Crippen LogP contribution in [0.25, 0.3) is 0 Å². The largest absolute Gasteiger partial charge is 0.423 e. The van der Waals surface area contributed by atoms with Crippen LogP contribution in [0.4, 0.5) is 0 Å². The highest BCUT2D eigenvalue weighted by molar-refractivity contribution is 5.91. The van der Waals surface area contributed by atoms with Crippen LogP contribution in [-0.2, 0) is 11.2 Å². The van der Waals surface area contributed by atoms with Crippen molar-refractivity contribution in [2.24, 2.45) is 0 Å². The summed E-state index contributed by atoms with van der Waals surface area (Å²) < 4.78 is 10.7. The molecule has 0 radical (unpaired) electrons. The molecule has 4 heteroatoms. The molecule has 0 unspecified atom stereocenters. The van der Waals surface area contributed by atoms with Gasteiger partial charge in [-0.2, -0.15) is 0 Å². The Hall–Kier alpha value is -4.10. The molecule has 0 saturated carbocycles. The highest BCUT2D eigenvalue weighted by Crippen LogP contribution is 2.17. The molecule has 0 spiro atoms. The van der Waals surface area contributed by atoms with Gasteiger partial charge in [0.25, 0.3) is 0 Å². The number of ether oxygens (including phenoxy) is 2. The molecule has 0 bridgehead atoms. The standard InChI is InChI=1S/C30H28O4/c1-4-5-6-7-23-12-18-28(19-13-23)34-30(32)26-16-10-24(11-17-26)8-9-25-14-20-27(21-15-25)33-29(31)22(2)3/h10-21H,2,4-7H2,1,3H3. The van der Waals surface area contributed by atoms with Crippen LogP contribution in [0.1, 0.15) is 60.2 Å². The minimum absolute atomic E-state index is 0.340. The predicted octanol–water partition coefficient (Wildman–Crippen LogP) is 6.52. The lowest BCUT2D eigenvalue weighted by Gasteiger charge is -2.06. The third-order valence-electron chi connectivity index (χ3n) is 5.09. The molecular weight excluding hydrogens is 424 g/mol. The summed E-state index contributed by atoms with van der Waals surface area (Å²) in [5.74, 6) is 6.22. The van der Waals surface area contributed by atoms with Gasteiger partial charge in [0.15, 0.2) is 0 Å². The van der Waals surface area contributed by atoms with Crippen molar-refractivity contribution in [3.8, 4) is 23.3 Å². The van der Waals surface area contributed by atoms with Crippen LogP contribution < -0.4 is 9.47 Å². The van der Waals surface area contributed by atoms with Gasteiger partial charge in [0.2, 0.25) is 0 Å². The summed E-state index contributed by atoms with van der Waals surface area (Å²) in [4.78, 5) is 24.0. The van der Waals surface area contributed by atoms with Crippen LogP contribution in [-0.4, -0.2) is 11.9 Å². The molecule has 0 saturated heterocycles. The van der Waals surface area contributed by atoms with Crippen LogP contribution in [0.2, 0.25) is 0 Å². The van der Waals surface area contributed by atoms with E-state index in [2.05, 4.69) is 25.3 Å². The average Bonchev–Trinajstić information content (AvgIpc) is 2.85. The Bertz CT molecular complexity index is 1190. The van der Waals surface area contributed by atoms with E-state index in [0.717, 1.165) is 17.5 Å². The van der Waals surface area contributed by atoms with E-state index in [1.165, 1.54) is 24.8 Å². The maximum Gasteiger partial charge on any atom is 0.343 e.